The lowest BCUT2D eigenvalue weighted by atomic mass is 10.0. The molecule has 1 amide bonds. The van der Waals surface area contributed by atoms with E-state index in [0.717, 1.165) is 44.5 Å². The minimum Gasteiger partial charge on any atom is -0.370 e. The van der Waals surface area contributed by atoms with E-state index in [-0.39, 0.29) is 16.8 Å². The summed E-state index contributed by atoms with van der Waals surface area (Å²) in [6.45, 7) is 2.86. The van der Waals surface area contributed by atoms with Crippen LogP contribution in [0.15, 0.2) is 30.3 Å². The number of amides is 1. The lowest BCUT2D eigenvalue weighted by molar-refractivity contribution is -0.394. The number of benzene rings is 2. The fourth-order valence-corrected chi connectivity index (χ4v) is 3.42. The van der Waals surface area contributed by atoms with Crippen LogP contribution in [0.2, 0.25) is 0 Å². The lowest BCUT2D eigenvalue weighted by Crippen LogP contribution is -2.30. The zero-order valence-electron chi connectivity index (χ0n) is 15.7. The lowest BCUT2D eigenvalue weighted by Gasteiger charge is -2.30. The number of hydrogen-bond acceptors (Lipinski definition) is 6. The van der Waals surface area contributed by atoms with Crippen LogP contribution in [0.25, 0.3) is 0 Å². The van der Waals surface area contributed by atoms with Crippen LogP contribution in [-0.4, -0.2) is 28.8 Å². The van der Waals surface area contributed by atoms with Crippen molar-refractivity contribution in [1.82, 2.24) is 0 Å². The maximum Gasteiger partial charge on any atom is 0.279 e. The molecule has 3 rings (SSSR count). The monoisotopic (exact) mass is 402 g/mol. The van der Waals surface area contributed by atoms with Gasteiger partial charge in [0.05, 0.1) is 32.9 Å². The van der Waals surface area contributed by atoms with E-state index < -0.39 is 32.9 Å². The predicted octanol–water partition coefficient (Wildman–Crippen LogP) is 4.19. The average Bonchev–Trinajstić information content (AvgIpc) is 2.68. The molecular weight excluding hydrogens is 383 g/mol. The number of non-ortho nitro benzene ring substituents is 1. The quantitative estimate of drug-likeness (QED) is 0.592. The Hall–Kier alpha value is -3.56. The Bertz CT molecular complexity index is 989. The van der Waals surface area contributed by atoms with Crippen molar-refractivity contribution in [2.45, 2.75) is 26.2 Å². The number of piperidine rings is 1. The van der Waals surface area contributed by atoms with Gasteiger partial charge in [0.2, 0.25) is 0 Å². The van der Waals surface area contributed by atoms with Gasteiger partial charge in [0, 0.05) is 24.7 Å². The van der Waals surface area contributed by atoms with Crippen LogP contribution >= 0.6 is 0 Å². The van der Waals surface area contributed by atoms with Gasteiger partial charge in [0.15, 0.2) is 0 Å². The molecule has 1 N–H and O–H groups in total. The van der Waals surface area contributed by atoms with E-state index in [2.05, 4.69) is 5.32 Å². The maximum atomic E-state index is 13.8. The summed E-state index contributed by atoms with van der Waals surface area (Å²) in [5.74, 6) is -1.33. The molecule has 0 radical (unpaired) electrons. The first-order valence-electron chi connectivity index (χ1n) is 9.07. The third-order valence-electron chi connectivity index (χ3n) is 4.92. The Kier molecular flexibility index (Phi) is 5.71. The minimum absolute atomic E-state index is 0.00553. The predicted molar refractivity (Wildman–Crippen MR) is 105 cm³/mol. The van der Waals surface area contributed by atoms with Gasteiger partial charge in [-0.05, 0) is 44.4 Å². The van der Waals surface area contributed by atoms with Gasteiger partial charge in [-0.2, -0.15) is 0 Å². The number of anilines is 2. The Morgan fingerprint density at radius 3 is 2.38 bits per heavy atom. The van der Waals surface area contributed by atoms with Crippen molar-refractivity contribution in [3.63, 3.8) is 0 Å². The van der Waals surface area contributed by atoms with Crippen molar-refractivity contribution in [2.24, 2.45) is 0 Å². The van der Waals surface area contributed by atoms with Crippen LogP contribution in [0.1, 0.15) is 35.2 Å². The normalized spacial score (nSPS) is 13.8. The van der Waals surface area contributed by atoms with Crippen molar-refractivity contribution >= 4 is 28.7 Å². The number of nitrogens with zero attached hydrogens (tertiary/aromatic N) is 3. The summed E-state index contributed by atoms with van der Waals surface area (Å²) in [7, 11) is 0. The van der Waals surface area contributed by atoms with Crippen LogP contribution in [-0.2, 0) is 0 Å². The van der Waals surface area contributed by atoms with Crippen molar-refractivity contribution in [2.75, 3.05) is 23.3 Å². The smallest absolute Gasteiger partial charge is 0.279 e. The SMILES string of the molecule is Cc1c(C(=O)Nc2cc(F)ccc2N2CCCCC2)cc([N+](=O)[O-])cc1[N+](=O)[O-]. The highest BCUT2D eigenvalue weighted by molar-refractivity contribution is 6.07. The first-order valence-corrected chi connectivity index (χ1v) is 9.07. The summed E-state index contributed by atoms with van der Waals surface area (Å²) in [6.07, 6.45) is 3.04. The first-order chi connectivity index (χ1) is 13.8. The fourth-order valence-electron chi connectivity index (χ4n) is 3.42. The second-order valence-electron chi connectivity index (χ2n) is 6.81. The molecule has 9 nitrogen and oxygen atoms in total. The van der Waals surface area contributed by atoms with Crippen LogP contribution in [0.5, 0.6) is 0 Å². The number of rotatable bonds is 5. The fraction of sp³-hybridized carbons (Fsp3) is 0.316. The molecule has 1 aliphatic rings. The molecule has 1 saturated heterocycles. The highest BCUT2D eigenvalue weighted by Gasteiger charge is 2.25. The third kappa shape index (κ3) is 4.31. The Morgan fingerprint density at radius 2 is 1.76 bits per heavy atom. The van der Waals surface area contributed by atoms with Crippen molar-refractivity contribution < 1.29 is 19.0 Å². The summed E-state index contributed by atoms with van der Waals surface area (Å²) in [5.41, 5.74) is -0.459. The molecule has 1 fully saturated rings. The van der Waals surface area contributed by atoms with Gasteiger partial charge in [-0.1, -0.05) is 0 Å². The molecule has 1 aliphatic heterocycles. The van der Waals surface area contributed by atoms with Crippen LogP contribution in [0, 0.1) is 33.0 Å². The molecule has 0 saturated carbocycles. The third-order valence-corrected chi connectivity index (χ3v) is 4.92. The van der Waals surface area contributed by atoms with E-state index in [9.17, 15) is 29.4 Å². The van der Waals surface area contributed by atoms with E-state index >= 15 is 0 Å². The molecule has 0 spiro atoms. The van der Waals surface area contributed by atoms with E-state index in [0.29, 0.717) is 5.69 Å². The van der Waals surface area contributed by atoms with Crippen LogP contribution < -0.4 is 10.2 Å². The molecule has 0 atom stereocenters. The van der Waals surface area contributed by atoms with Crippen molar-refractivity contribution in [3.8, 4) is 0 Å². The van der Waals surface area contributed by atoms with E-state index in [1.165, 1.54) is 19.1 Å². The van der Waals surface area contributed by atoms with Gasteiger partial charge in [0.25, 0.3) is 17.3 Å². The average molecular weight is 402 g/mol. The molecule has 29 heavy (non-hydrogen) atoms. The first kappa shape index (κ1) is 20.2. The number of hydrogen-bond donors (Lipinski definition) is 1. The number of halogens is 1. The van der Waals surface area contributed by atoms with Gasteiger partial charge in [0.1, 0.15) is 5.82 Å². The summed E-state index contributed by atoms with van der Waals surface area (Å²) in [6, 6.07) is 5.83. The molecule has 0 unspecified atom stereocenters. The zero-order valence-corrected chi connectivity index (χ0v) is 15.7. The number of nitro benzene ring substituents is 2. The standard InChI is InChI=1S/C19H19FN4O5/c1-12-15(10-14(23(26)27)11-18(12)24(28)29)19(25)21-16-9-13(20)5-6-17(16)22-7-3-2-4-8-22/h5-6,9-11H,2-4,7-8H2,1H3,(H,21,25). The summed E-state index contributed by atoms with van der Waals surface area (Å²) in [4.78, 5) is 35.6. The molecule has 0 aliphatic carbocycles. The molecule has 1 heterocycles. The summed E-state index contributed by atoms with van der Waals surface area (Å²) >= 11 is 0. The largest absolute Gasteiger partial charge is 0.370 e. The molecule has 152 valence electrons. The zero-order chi connectivity index (χ0) is 21.1. The number of carbonyl (C=O) groups is 1. The second-order valence-corrected chi connectivity index (χ2v) is 6.81. The Labute approximate surface area is 165 Å². The molecular formula is C19H19FN4O5. The highest BCUT2D eigenvalue weighted by Crippen LogP contribution is 2.32. The Balaban J connectivity index is 2.00. The molecule has 2 aromatic carbocycles. The number of nitro groups is 2. The Morgan fingerprint density at radius 1 is 1.07 bits per heavy atom. The minimum atomic E-state index is -0.801. The van der Waals surface area contributed by atoms with Crippen molar-refractivity contribution in [1.29, 1.82) is 0 Å². The van der Waals surface area contributed by atoms with Crippen LogP contribution in [0.4, 0.5) is 27.1 Å². The van der Waals surface area contributed by atoms with Crippen molar-refractivity contribution in [3.05, 3.63) is 67.5 Å². The van der Waals surface area contributed by atoms with Gasteiger partial charge in [-0.25, -0.2) is 4.39 Å². The number of carbonyl (C=O) groups excluding carboxylic acids is 1. The van der Waals surface area contributed by atoms with Gasteiger partial charge >= 0.3 is 0 Å². The van der Waals surface area contributed by atoms with Crippen LogP contribution in [0.3, 0.4) is 0 Å². The molecule has 0 bridgehead atoms. The van der Waals surface area contributed by atoms with E-state index in [1.807, 2.05) is 4.90 Å². The topological polar surface area (TPSA) is 119 Å². The van der Waals surface area contributed by atoms with E-state index in [1.54, 1.807) is 6.07 Å². The van der Waals surface area contributed by atoms with Gasteiger partial charge in [-0.3, -0.25) is 25.0 Å². The summed E-state index contributed by atoms with van der Waals surface area (Å²) < 4.78 is 13.8. The molecule has 2 aromatic rings. The van der Waals surface area contributed by atoms with Gasteiger partial charge in [-0.15, -0.1) is 0 Å². The van der Waals surface area contributed by atoms with E-state index in [4.69, 9.17) is 0 Å². The van der Waals surface area contributed by atoms with Gasteiger partial charge < -0.3 is 10.2 Å². The summed E-state index contributed by atoms with van der Waals surface area (Å²) in [5, 5.41) is 24.9. The number of nitrogens with one attached hydrogen (secondary N) is 1. The second kappa shape index (κ2) is 8.21. The molecule has 0 aromatic heterocycles. The highest BCUT2D eigenvalue weighted by atomic mass is 19.1. The molecule has 10 heteroatoms. The maximum absolute atomic E-state index is 13.8.